The minimum absolute atomic E-state index is 0.303. The first-order valence-electron chi connectivity index (χ1n) is 5.89. The molecule has 0 aliphatic heterocycles. The Balaban J connectivity index is 2.27. The molecule has 2 rings (SSSR count). The lowest BCUT2D eigenvalue weighted by Crippen LogP contribution is -2.10. The third-order valence-electron chi connectivity index (χ3n) is 2.67. The Hall–Kier alpha value is -1.40. The van der Waals surface area contributed by atoms with Crippen molar-refractivity contribution in [1.29, 1.82) is 0 Å². The molecule has 3 N–H and O–H groups in total. The van der Waals surface area contributed by atoms with Gasteiger partial charge in [-0.15, -0.1) is 0 Å². The summed E-state index contributed by atoms with van der Waals surface area (Å²) in [5.74, 6) is 0.949. The molecule has 6 heteroatoms. The molecule has 0 saturated carbocycles. The van der Waals surface area contributed by atoms with Crippen molar-refractivity contribution in [2.24, 2.45) is 5.73 Å². The fourth-order valence-electron chi connectivity index (χ4n) is 1.77. The maximum absolute atomic E-state index is 5.63. The number of rotatable bonds is 4. The van der Waals surface area contributed by atoms with Gasteiger partial charge in [0.25, 0.3) is 0 Å². The lowest BCUT2D eigenvalue weighted by Gasteiger charge is -2.13. The molecule has 19 heavy (non-hydrogen) atoms. The number of halogens is 1. The maximum atomic E-state index is 5.63. The average Bonchev–Trinajstić information content (AvgIpc) is 2.76. The molecule has 0 aliphatic rings. The molecule has 0 atom stereocenters. The summed E-state index contributed by atoms with van der Waals surface area (Å²) in [5.41, 5.74) is 7.42. The average molecular weight is 339 g/mol. The van der Waals surface area contributed by atoms with Crippen LogP contribution in [-0.2, 0) is 0 Å². The van der Waals surface area contributed by atoms with Crippen LogP contribution in [0.2, 0.25) is 0 Å². The van der Waals surface area contributed by atoms with E-state index in [1.807, 2.05) is 28.9 Å². The van der Waals surface area contributed by atoms with E-state index in [2.05, 4.69) is 40.2 Å². The summed E-state index contributed by atoms with van der Waals surface area (Å²) in [6, 6.07) is 8.03. The lowest BCUT2D eigenvalue weighted by atomic mass is 10.2. The Bertz CT molecular complexity index is 606. The molecule has 0 fully saturated rings. The normalized spacial score (nSPS) is 10.7. The number of anilines is 2. The zero-order chi connectivity index (χ0) is 14.0. The molecule has 1 aromatic heterocycles. The zero-order valence-electron chi connectivity index (χ0n) is 10.7. The van der Waals surface area contributed by atoms with Crippen molar-refractivity contribution >= 4 is 44.6 Å². The molecule has 0 aliphatic carbocycles. The molecule has 0 radical (unpaired) electrons. The van der Waals surface area contributed by atoms with Gasteiger partial charge in [0.05, 0.1) is 6.20 Å². The molecular formula is C13H15BrN4S. The predicted molar refractivity (Wildman–Crippen MR) is 85.9 cm³/mol. The molecule has 1 heterocycles. The monoisotopic (exact) mass is 338 g/mol. The van der Waals surface area contributed by atoms with Gasteiger partial charge in [-0.1, -0.05) is 12.2 Å². The first-order chi connectivity index (χ1) is 8.99. The molecule has 0 amide bonds. The molecule has 1 aromatic carbocycles. The fraction of sp³-hybridized carbons (Fsp3) is 0.231. The van der Waals surface area contributed by atoms with E-state index in [4.69, 9.17) is 18.0 Å². The highest BCUT2D eigenvalue weighted by molar-refractivity contribution is 9.10. The number of hydrogen-bond donors (Lipinski definition) is 2. The molecular weight excluding hydrogens is 324 g/mol. The standard InChI is InChI=1S/C13H15BrN4S/c1-8(2)18-12(5-6-16-18)17-9-3-4-10(13(15)19)11(14)7-9/h3-8,17H,1-2H3,(H2,15,19). The second kappa shape index (κ2) is 5.71. The summed E-state index contributed by atoms with van der Waals surface area (Å²) >= 11 is 8.45. The van der Waals surface area contributed by atoms with Gasteiger partial charge in [-0.3, -0.25) is 0 Å². The summed E-state index contributed by atoms with van der Waals surface area (Å²) < 4.78 is 2.80. The number of nitrogens with zero attached hydrogens (tertiary/aromatic N) is 2. The highest BCUT2D eigenvalue weighted by Crippen LogP contribution is 2.25. The van der Waals surface area contributed by atoms with E-state index in [1.54, 1.807) is 6.20 Å². The predicted octanol–water partition coefficient (Wildman–Crippen LogP) is 3.60. The number of nitrogens with one attached hydrogen (secondary N) is 1. The maximum Gasteiger partial charge on any atom is 0.128 e. The van der Waals surface area contributed by atoms with Gasteiger partial charge in [-0.25, -0.2) is 4.68 Å². The fourth-order valence-corrected chi connectivity index (χ4v) is 2.67. The van der Waals surface area contributed by atoms with Gasteiger partial charge in [0, 0.05) is 27.8 Å². The van der Waals surface area contributed by atoms with E-state index in [0.717, 1.165) is 21.5 Å². The summed E-state index contributed by atoms with van der Waals surface area (Å²) in [7, 11) is 0. The van der Waals surface area contributed by atoms with E-state index in [-0.39, 0.29) is 0 Å². The molecule has 0 saturated heterocycles. The number of benzene rings is 1. The van der Waals surface area contributed by atoms with Gasteiger partial charge >= 0.3 is 0 Å². The molecule has 0 spiro atoms. The van der Waals surface area contributed by atoms with Crippen LogP contribution in [0.4, 0.5) is 11.5 Å². The van der Waals surface area contributed by atoms with Gasteiger partial charge in [0.15, 0.2) is 0 Å². The van der Waals surface area contributed by atoms with Gasteiger partial charge in [-0.2, -0.15) is 5.10 Å². The Kier molecular flexibility index (Phi) is 4.21. The Morgan fingerprint density at radius 1 is 1.42 bits per heavy atom. The number of nitrogens with two attached hydrogens (primary N) is 1. The van der Waals surface area contributed by atoms with Crippen LogP contribution in [0.5, 0.6) is 0 Å². The molecule has 0 bridgehead atoms. The quantitative estimate of drug-likeness (QED) is 0.836. The third-order valence-corrected chi connectivity index (χ3v) is 3.54. The topological polar surface area (TPSA) is 55.9 Å². The van der Waals surface area contributed by atoms with Crippen molar-refractivity contribution < 1.29 is 0 Å². The summed E-state index contributed by atoms with van der Waals surface area (Å²) in [5, 5.41) is 7.61. The van der Waals surface area contributed by atoms with E-state index < -0.39 is 0 Å². The van der Waals surface area contributed by atoms with E-state index in [0.29, 0.717) is 11.0 Å². The molecule has 4 nitrogen and oxygen atoms in total. The number of thiocarbonyl (C=S) groups is 1. The van der Waals surface area contributed by atoms with E-state index in [9.17, 15) is 0 Å². The summed E-state index contributed by atoms with van der Waals surface area (Å²) in [6.45, 7) is 4.17. The smallest absolute Gasteiger partial charge is 0.128 e. The van der Waals surface area contributed by atoms with Crippen LogP contribution < -0.4 is 11.1 Å². The minimum atomic E-state index is 0.303. The SMILES string of the molecule is CC(C)n1nccc1Nc1ccc(C(N)=S)c(Br)c1. The van der Waals surface area contributed by atoms with Crippen molar-refractivity contribution in [2.75, 3.05) is 5.32 Å². The van der Waals surface area contributed by atoms with Crippen molar-refractivity contribution in [3.63, 3.8) is 0 Å². The Labute approximate surface area is 126 Å². The molecule has 0 unspecified atom stereocenters. The van der Waals surface area contributed by atoms with Crippen LogP contribution in [0.15, 0.2) is 34.9 Å². The van der Waals surface area contributed by atoms with Crippen LogP contribution >= 0.6 is 28.1 Å². The second-order valence-corrected chi connectivity index (χ2v) is 5.73. The molecule has 100 valence electrons. The zero-order valence-corrected chi connectivity index (χ0v) is 13.1. The van der Waals surface area contributed by atoms with Gasteiger partial charge in [-0.05, 0) is 48.0 Å². The Morgan fingerprint density at radius 2 is 2.16 bits per heavy atom. The lowest BCUT2D eigenvalue weighted by molar-refractivity contribution is 0.540. The summed E-state index contributed by atoms with van der Waals surface area (Å²) in [6.07, 6.45) is 1.78. The first-order valence-corrected chi connectivity index (χ1v) is 7.09. The van der Waals surface area contributed by atoms with Crippen LogP contribution in [0.1, 0.15) is 25.5 Å². The molecule has 2 aromatic rings. The Morgan fingerprint density at radius 3 is 2.74 bits per heavy atom. The van der Waals surface area contributed by atoms with Crippen molar-refractivity contribution in [3.8, 4) is 0 Å². The van der Waals surface area contributed by atoms with Crippen LogP contribution in [0.3, 0.4) is 0 Å². The highest BCUT2D eigenvalue weighted by Gasteiger charge is 2.08. The van der Waals surface area contributed by atoms with Crippen LogP contribution in [0.25, 0.3) is 0 Å². The van der Waals surface area contributed by atoms with Crippen molar-refractivity contribution in [2.45, 2.75) is 19.9 Å². The number of aromatic nitrogens is 2. The van der Waals surface area contributed by atoms with Crippen molar-refractivity contribution in [1.82, 2.24) is 9.78 Å². The highest BCUT2D eigenvalue weighted by atomic mass is 79.9. The second-order valence-electron chi connectivity index (χ2n) is 4.44. The third kappa shape index (κ3) is 3.13. The van der Waals surface area contributed by atoms with Gasteiger partial charge < -0.3 is 11.1 Å². The van der Waals surface area contributed by atoms with Crippen LogP contribution in [-0.4, -0.2) is 14.8 Å². The van der Waals surface area contributed by atoms with Gasteiger partial charge in [0.1, 0.15) is 10.8 Å². The first kappa shape index (κ1) is 14.0. The van der Waals surface area contributed by atoms with Crippen LogP contribution in [0, 0.1) is 0 Å². The largest absolute Gasteiger partial charge is 0.389 e. The summed E-state index contributed by atoms with van der Waals surface area (Å²) in [4.78, 5) is 0.380. The van der Waals surface area contributed by atoms with E-state index in [1.165, 1.54) is 0 Å². The van der Waals surface area contributed by atoms with Gasteiger partial charge in [0.2, 0.25) is 0 Å². The van der Waals surface area contributed by atoms with E-state index >= 15 is 0 Å². The number of hydrogen-bond acceptors (Lipinski definition) is 3. The minimum Gasteiger partial charge on any atom is -0.389 e. The van der Waals surface area contributed by atoms with Crippen molar-refractivity contribution in [3.05, 3.63) is 40.5 Å².